The number of aryl methyl sites for hydroxylation is 1. The number of carbonyl (C=O) groups excluding carboxylic acids is 2. The lowest BCUT2D eigenvalue weighted by Gasteiger charge is -2.33. The van der Waals surface area contributed by atoms with Crippen LogP contribution in [0.4, 0.5) is 4.79 Å². The Morgan fingerprint density at radius 2 is 1.62 bits per heavy atom. The number of likely N-dealkylation sites (tertiary alicyclic amines) is 1. The van der Waals surface area contributed by atoms with E-state index in [-0.39, 0.29) is 18.0 Å². The van der Waals surface area contributed by atoms with E-state index in [1.807, 2.05) is 24.1 Å². The summed E-state index contributed by atoms with van der Waals surface area (Å²) in [5.41, 5.74) is 2.24. The van der Waals surface area contributed by atoms with Gasteiger partial charge in [0.1, 0.15) is 0 Å². The highest BCUT2D eigenvalue weighted by Crippen LogP contribution is 2.22. The molecule has 2 heterocycles. The minimum absolute atomic E-state index is 0.0440. The molecule has 0 spiro atoms. The van der Waals surface area contributed by atoms with Crippen LogP contribution >= 0.6 is 0 Å². The summed E-state index contributed by atoms with van der Waals surface area (Å²) in [7, 11) is 2.02. The van der Waals surface area contributed by atoms with Crippen LogP contribution in [-0.2, 0) is 18.3 Å². The Kier molecular flexibility index (Phi) is 6.07. The standard InChI is InChI=1S/C23H32N4O2/c1-26-16-17(20-9-5-6-10-21(20)26)15-22(28)27-13-11-19(12-14-27)25-23(29)24-18-7-3-2-4-8-18/h5-6,9-10,16,18-19H,2-4,7-8,11-15H2,1H3,(H2,24,25,29). The summed E-state index contributed by atoms with van der Waals surface area (Å²) in [5, 5.41) is 7.38. The van der Waals surface area contributed by atoms with E-state index in [2.05, 4.69) is 33.5 Å². The molecule has 1 aromatic heterocycles. The molecular formula is C23H32N4O2. The maximum absolute atomic E-state index is 12.8. The van der Waals surface area contributed by atoms with Gasteiger partial charge in [0.2, 0.25) is 5.91 Å². The molecule has 29 heavy (non-hydrogen) atoms. The Bertz CT molecular complexity index is 861. The first-order chi connectivity index (χ1) is 14.1. The number of benzene rings is 1. The highest BCUT2D eigenvalue weighted by molar-refractivity contribution is 5.89. The minimum Gasteiger partial charge on any atom is -0.350 e. The Morgan fingerprint density at radius 3 is 2.34 bits per heavy atom. The lowest BCUT2D eigenvalue weighted by Crippen LogP contribution is -2.51. The average molecular weight is 397 g/mol. The summed E-state index contributed by atoms with van der Waals surface area (Å²) >= 11 is 0. The molecule has 1 saturated heterocycles. The summed E-state index contributed by atoms with van der Waals surface area (Å²) < 4.78 is 2.08. The Balaban J connectivity index is 1.25. The fourth-order valence-electron chi connectivity index (χ4n) is 4.77. The number of urea groups is 1. The zero-order valence-corrected chi connectivity index (χ0v) is 17.3. The van der Waals surface area contributed by atoms with Gasteiger partial charge in [-0.3, -0.25) is 4.79 Å². The van der Waals surface area contributed by atoms with Crippen molar-refractivity contribution in [2.45, 2.75) is 63.5 Å². The molecular weight excluding hydrogens is 364 g/mol. The number of rotatable bonds is 4. The number of nitrogens with one attached hydrogen (secondary N) is 2. The molecule has 0 bridgehead atoms. The molecule has 6 nitrogen and oxygen atoms in total. The third-order valence-electron chi connectivity index (χ3n) is 6.44. The van der Waals surface area contributed by atoms with Crippen LogP contribution in [0.5, 0.6) is 0 Å². The smallest absolute Gasteiger partial charge is 0.315 e. The van der Waals surface area contributed by atoms with Gasteiger partial charge in [0.25, 0.3) is 0 Å². The van der Waals surface area contributed by atoms with Gasteiger partial charge < -0.3 is 20.1 Å². The topological polar surface area (TPSA) is 66.4 Å². The van der Waals surface area contributed by atoms with Crippen molar-refractivity contribution in [1.82, 2.24) is 20.1 Å². The molecule has 4 rings (SSSR count). The van der Waals surface area contributed by atoms with E-state index in [4.69, 9.17) is 0 Å². The van der Waals surface area contributed by atoms with Crippen LogP contribution in [-0.4, -0.2) is 46.6 Å². The summed E-state index contributed by atoms with van der Waals surface area (Å²) in [5.74, 6) is 0.173. The predicted octanol–water partition coefficient (Wildman–Crippen LogP) is 3.34. The predicted molar refractivity (Wildman–Crippen MR) is 115 cm³/mol. The minimum atomic E-state index is -0.0440. The molecule has 1 aromatic carbocycles. The third-order valence-corrected chi connectivity index (χ3v) is 6.44. The number of amides is 3. The van der Waals surface area contributed by atoms with Crippen molar-refractivity contribution >= 4 is 22.8 Å². The summed E-state index contributed by atoms with van der Waals surface area (Å²) in [6, 6.07) is 8.64. The van der Waals surface area contributed by atoms with Gasteiger partial charge in [-0.2, -0.15) is 0 Å². The van der Waals surface area contributed by atoms with Gasteiger partial charge in [0.15, 0.2) is 0 Å². The summed E-state index contributed by atoms with van der Waals surface area (Å²) in [4.78, 5) is 27.0. The number of aromatic nitrogens is 1. The number of fused-ring (bicyclic) bond motifs is 1. The van der Waals surface area contributed by atoms with E-state index < -0.39 is 0 Å². The second kappa shape index (κ2) is 8.89. The zero-order valence-electron chi connectivity index (χ0n) is 17.3. The summed E-state index contributed by atoms with van der Waals surface area (Å²) in [6.45, 7) is 1.41. The Hall–Kier alpha value is -2.50. The molecule has 156 valence electrons. The monoisotopic (exact) mass is 396 g/mol. The molecule has 1 saturated carbocycles. The van der Waals surface area contributed by atoms with E-state index in [0.717, 1.165) is 42.1 Å². The first kappa shape index (κ1) is 19.8. The quantitative estimate of drug-likeness (QED) is 0.832. The Labute approximate surface area is 172 Å². The van der Waals surface area contributed by atoms with Gasteiger partial charge in [-0.1, -0.05) is 37.5 Å². The fourth-order valence-corrected chi connectivity index (χ4v) is 4.77. The van der Waals surface area contributed by atoms with Crippen molar-refractivity contribution in [3.8, 4) is 0 Å². The van der Waals surface area contributed by atoms with Crippen LogP contribution in [0, 0.1) is 0 Å². The van der Waals surface area contributed by atoms with E-state index in [1.54, 1.807) is 0 Å². The normalized spacial score (nSPS) is 18.7. The van der Waals surface area contributed by atoms with Crippen LogP contribution in [0.25, 0.3) is 10.9 Å². The molecule has 3 amide bonds. The molecule has 0 atom stereocenters. The first-order valence-electron chi connectivity index (χ1n) is 11.0. The van der Waals surface area contributed by atoms with E-state index in [9.17, 15) is 9.59 Å². The number of hydrogen-bond acceptors (Lipinski definition) is 2. The molecule has 6 heteroatoms. The SMILES string of the molecule is Cn1cc(CC(=O)N2CCC(NC(=O)NC3CCCCC3)CC2)c2ccccc21. The van der Waals surface area contributed by atoms with Gasteiger partial charge in [-0.05, 0) is 37.3 Å². The molecule has 1 aliphatic heterocycles. The highest BCUT2D eigenvalue weighted by atomic mass is 16.2. The van der Waals surface area contributed by atoms with Crippen molar-refractivity contribution in [1.29, 1.82) is 0 Å². The Morgan fingerprint density at radius 1 is 0.966 bits per heavy atom. The molecule has 0 unspecified atom stereocenters. The zero-order chi connectivity index (χ0) is 20.2. The maximum atomic E-state index is 12.8. The number of para-hydroxylation sites is 1. The van der Waals surface area contributed by atoms with Crippen LogP contribution in [0.2, 0.25) is 0 Å². The van der Waals surface area contributed by atoms with Crippen molar-refractivity contribution in [3.63, 3.8) is 0 Å². The number of hydrogen-bond donors (Lipinski definition) is 2. The number of carbonyl (C=O) groups is 2. The molecule has 1 aliphatic carbocycles. The first-order valence-corrected chi connectivity index (χ1v) is 11.0. The molecule has 2 N–H and O–H groups in total. The third kappa shape index (κ3) is 4.74. The van der Waals surface area contributed by atoms with E-state index in [1.165, 1.54) is 19.3 Å². The number of nitrogens with zero attached hydrogens (tertiary/aromatic N) is 2. The van der Waals surface area contributed by atoms with Gasteiger partial charge in [-0.25, -0.2) is 4.79 Å². The van der Waals surface area contributed by atoms with Crippen LogP contribution in [0.1, 0.15) is 50.5 Å². The van der Waals surface area contributed by atoms with E-state index in [0.29, 0.717) is 25.6 Å². The largest absolute Gasteiger partial charge is 0.350 e. The van der Waals surface area contributed by atoms with Crippen LogP contribution in [0.15, 0.2) is 30.5 Å². The summed E-state index contributed by atoms with van der Waals surface area (Å²) in [6.07, 6.45) is 10.0. The molecule has 2 fully saturated rings. The van der Waals surface area contributed by atoms with Crippen molar-refractivity contribution in [3.05, 3.63) is 36.0 Å². The molecule has 2 aromatic rings. The fraction of sp³-hybridized carbons (Fsp3) is 0.565. The van der Waals surface area contributed by atoms with Crippen LogP contribution in [0.3, 0.4) is 0 Å². The van der Waals surface area contributed by atoms with Crippen molar-refractivity contribution < 1.29 is 9.59 Å². The lowest BCUT2D eigenvalue weighted by molar-refractivity contribution is -0.131. The highest BCUT2D eigenvalue weighted by Gasteiger charge is 2.25. The van der Waals surface area contributed by atoms with Crippen molar-refractivity contribution in [2.75, 3.05) is 13.1 Å². The van der Waals surface area contributed by atoms with Gasteiger partial charge >= 0.3 is 6.03 Å². The average Bonchev–Trinajstić information content (AvgIpc) is 3.05. The van der Waals surface area contributed by atoms with Gasteiger partial charge in [-0.15, -0.1) is 0 Å². The second-order valence-corrected chi connectivity index (χ2v) is 8.57. The number of piperidine rings is 1. The second-order valence-electron chi connectivity index (χ2n) is 8.57. The van der Waals surface area contributed by atoms with Gasteiger partial charge in [0.05, 0.1) is 6.42 Å². The maximum Gasteiger partial charge on any atom is 0.315 e. The van der Waals surface area contributed by atoms with E-state index >= 15 is 0 Å². The van der Waals surface area contributed by atoms with Crippen molar-refractivity contribution in [2.24, 2.45) is 7.05 Å². The molecule has 2 aliphatic rings. The lowest BCUT2D eigenvalue weighted by atomic mass is 9.96. The van der Waals surface area contributed by atoms with Crippen LogP contribution < -0.4 is 10.6 Å². The molecule has 0 radical (unpaired) electrons. The van der Waals surface area contributed by atoms with Gasteiger partial charge in [0, 0.05) is 49.3 Å².